The summed E-state index contributed by atoms with van der Waals surface area (Å²) in [7, 11) is 0. The predicted octanol–water partition coefficient (Wildman–Crippen LogP) is 2.57. The van der Waals surface area contributed by atoms with E-state index < -0.39 is 6.10 Å². The summed E-state index contributed by atoms with van der Waals surface area (Å²) in [5.41, 5.74) is 1.76. The van der Waals surface area contributed by atoms with Gasteiger partial charge in [-0.2, -0.15) is 0 Å². The maximum atomic E-state index is 13.3. The number of nitrogens with zero attached hydrogens (tertiary/aromatic N) is 1. The number of benzene rings is 2. The van der Waals surface area contributed by atoms with Gasteiger partial charge in [0, 0.05) is 6.54 Å². The van der Waals surface area contributed by atoms with E-state index in [1.807, 2.05) is 30.3 Å². The van der Waals surface area contributed by atoms with Crippen molar-refractivity contribution < 1.29 is 14.3 Å². The Hall–Kier alpha value is -2.20. The Bertz CT molecular complexity index is 674. The van der Waals surface area contributed by atoms with E-state index in [4.69, 9.17) is 0 Å². The second-order valence-corrected chi connectivity index (χ2v) is 6.01. The monoisotopic (exact) mass is 313 g/mol. The highest BCUT2D eigenvalue weighted by molar-refractivity contribution is 5.79. The minimum Gasteiger partial charge on any atom is -0.391 e. The van der Waals surface area contributed by atoms with Crippen molar-refractivity contribution in [3.63, 3.8) is 0 Å². The smallest absolute Gasteiger partial charge is 0.227 e. The quantitative estimate of drug-likeness (QED) is 0.942. The summed E-state index contributed by atoms with van der Waals surface area (Å²) in [5, 5.41) is 10.2. The summed E-state index contributed by atoms with van der Waals surface area (Å²) in [4.78, 5) is 14.3. The topological polar surface area (TPSA) is 40.5 Å². The fourth-order valence-electron chi connectivity index (χ4n) is 3.17. The SMILES string of the molecule is O=C(Cc1cccc(F)c1)N1CC[C@@H](O)[C@H]1Cc1ccccc1. The van der Waals surface area contributed by atoms with Crippen molar-refractivity contribution in [2.75, 3.05) is 6.54 Å². The number of halogens is 1. The highest BCUT2D eigenvalue weighted by atomic mass is 19.1. The van der Waals surface area contributed by atoms with E-state index in [0.717, 1.165) is 5.56 Å². The van der Waals surface area contributed by atoms with Crippen LogP contribution in [-0.2, 0) is 17.6 Å². The molecule has 2 aromatic carbocycles. The van der Waals surface area contributed by atoms with E-state index in [1.54, 1.807) is 17.0 Å². The van der Waals surface area contributed by atoms with Crippen LogP contribution in [0.1, 0.15) is 17.5 Å². The van der Waals surface area contributed by atoms with Crippen molar-refractivity contribution in [2.45, 2.75) is 31.4 Å². The van der Waals surface area contributed by atoms with Crippen LogP contribution in [0.5, 0.6) is 0 Å². The third-order valence-corrected chi connectivity index (χ3v) is 4.36. The molecular weight excluding hydrogens is 293 g/mol. The molecule has 1 aliphatic rings. The van der Waals surface area contributed by atoms with Crippen LogP contribution in [0.4, 0.5) is 4.39 Å². The van der Waals surface area contributed by atoms with Gasteiger partial charge in [0.05, 0.1) is 18.6 Å². The summed E-state index contributed by atoms with van der Waals surface area (Å²) in [6, 6.07) is 15.8. The van der Waals surface area contributed by atoms with Gasteiger partial charge in [-0.15, -0.1) is 0 Å². The first kappa shape index (κ1) is 15.7. The van der Waals surface area contributed by atoms with Gasteiger partial charge in [-0.05, 0) is 36.1 Å². The van der Waals surface area contributed by atoms with Crippen LogP contribution < -0.4 is 0 Å². The number of hydrogen-bond acceptors (Lipinski definition) is 2. The van der Waals surface area contributed by atoms with Crippen molar-refractivity contribution >= 4 is 5.91 Å². The molecule has 0 bridgehead atoms. The van der Waals surface area contributed by atoms with Crippen molar-refractivity contribution in [2.24, 2.45) is 0 Å². The minimum absolute atomic E-state index is 0.0620. The average Bonchev–Trinajstić information content (AvgIpc) is 2.89. The third-order valence-electron chi connectivity index (χ3n) is 4.36. The van der Waals surface area contributed by atoms with Gasteiger partial charge in [0.15, 0.2) is 0 Å². The van der Waals surface area contributed by atoms with Crippen LogP contribution in [0.2, 0.25) is 0 Å². The molecule has 3 rings (SSSR count). The molecule has 1 N–H and O–H groups in total. The lowest BCUT2D eigenvalue weighted by molar-refractivity contribution is -0.132. The molecule has 1 fully saturated rings. The molecule has 0 unspecified atom stereocenters. The molecule has 4 heteroatoms. The highest BCUT2D eigenvalue weighted by Gasteiger charge is 2.35. The molecule has 0 aromatic heterocycles. The molecular formula is C19H20FNO2. The first-order chi connectivity index (χ1) is 11.1. The van der Waals surface area contributed by atoms with Gasteiger partial charge in [-0.25, -0.2) is 4.39 Å². The summed E-state index contributed by atoms with van der Waals surface area (Å²) in [6.45, 7) is 0.548. The van der Waals surface area contributed by atoms with Crippen LogP contribution >= 0.6 is 0 Å². The second-order valence-electron chi connectivity index (χ2n) is 6.01. The number of amides is 1. The van der Waals surface area contributed by atoms with Gasteiger partial charge in [0.25, 0.3) is 0 Å². The van der Waals surface area contributed by atoms with Gasteiger partial charge in [0.2, 0.25) is 5.91 Å². The van der Waals surface area contributed by atoms with Crippen molar-refractivity contribution in [3.05, 3.63) is 71.5 Å². The number of likely N-dealkylation sites (tertiary alicyclic amines) is 1. The fraction of sp³-hybridized carbons (Fsp3) is 0.316. The van der Waals surface area contributed by atoms with Gasteiger partial charge >= 0.3 is 0 Å². The molecule has 120 valence electrons. The van der Waals surface area contributed by atoms with Crippen LogP contribution in [-0.4, -0.2) is 34.6 Å². The van der Waals surface area contributed by atoms with Crippen molar-refractivity contribution in [3.8, 4) is 0 Å². The Morgan fingerprint density at radius 1 is 1.13 bits per heavy atom. The van der Waals surface area contributed by atoms with E-state index in [2.05, 4.69) is 0 Å². The maximum Gasteiger partial charge on any atom is 0.227 e. The molecule has 1 saturated heterocycles. The van der Waals surface area contributed by atoms with Gasteiger partial charge in [-0.1, -0.05) is 42.5 Å². The van der Waals surface area contributed by atoms with E-state index >= 15 is 0 Å². The predicted molar refractivity (Wildman–Crippen MR) is 86.4 cm³/mol. The first-order valence-electron chi connectivity index (χ1n) is 7.89. The molecule has 0 aliphatic carbocycles. The summed E-state index contributed by atoms with van der Waals surface area (Å²) in [5.74, 6) is -0.398. The lowest BCUT2D eigenvalue weighted by Gasteiger charge is -2.26. The zero-order valence-corrected chi connectivity index (χ0v) is 12.9. The molecule has 0 radical (unpaired) electrons. The molecule has 1 heterocycles. The normalized spacial score (nSPS) is 20.7. The molecule has 0 saturated carbocycles. The van der Waals surface area contributed by atoms with Crippen LogP contribution in [0.15, 0.2) is 54.6 Å². The van der Waals surface area contributed by atoms with E-state index in [0.29, 0.717) is 24.9 Å². The summed E-state index contributed by atoms with van der Waals surface area (Å²) in [6.07, 6.45) is 0.880. The molecule has 1 aliphatic heterocycles. The van der Waals surface area contributed by atoms with Crippen LogP contribution in [0.3, 0.4) is 0 Å². The molecule has 0 spiro atoms. The van der Waals surface area contributed by atoms with Crippen molar-refractivity contribution in [1.29, 1.82) is 0 Å². The zero-order chi connectivity index (χ0) is 16.2. The Balaban J connectivity index is 1.71. The third kappa shape index (κ3) is 3.77. The van der Waals surface area contributed by atoms with E-state index in [-0.39, 0.29) is 24.2 Å². The Morgan fingerprint density at radius 2 is 1.87 bits per heavy atom. The van der Waals surface area contributed by atoms with Gasteiger partial charge < -0.3 is 10.0 Å². The lowest BCUT2D eigenvalue weighted by Crippen LogP contribution is -2.41. The first-order valence-corrected chi connectivity index (χ1v) is 7.89. The average molecular weight is 313 g/mol. The summed E-state index contributed by atoms with van der Waals surface area (Å²) < 4.78 is 13.3. The molecule has 23 heavy (non-hydrogen) atoms. The molecule has 2 atom stereocenters. The minimum atomic E-state index is -0.508. The molecule has 3 nitrogen and oxygen atoms in total. The second kappa shape index (κ2) is 6.92. The standard InChI is InChI=1S/C19H20FNO2/c20-16-8-4-7-15(11-16)13-19(23)21-10-9-18(22)17(21)12-14-5-2-1-3-6-14/h1-8,11,17-18,22H,9-10,12-13H2/t17-,18-/m1/s1. The number of hydrogen-bond donors (Lipinski definition) is 1. The van der Waals surface area contributed by atoms with Crippen LogP contribution in [0.25, 0.3) is 0 Å². The van der Waals surface area contributed by atoms with Crippen molar-refractivity contribution in [1.82, 2.24) is 4.90 Å². The number of rotatable bonds is 4. The number of aliphatic hydroxyl groups is 1. The Labute approximate surface area is 135 Å². The molecule has 1 amide bonds. The Kier molecular flexibility index (Phi) is 4.72. The number of carbonyl (C=O) groups excluding carboxylic acids is 1. The van der Waals surface area contributed by atoms with Crippen LogP contribution in [0, 0.1) is 5.82 Å². The van der Waals surface area contributed by atoms with E-state index in [9.17, 15) is 14.3 Å². The maximum absolute atomic E-state index is 13.3. The van der Waals surface area contributed by atoms with Gasteiger partial charge in [0.1, 0.15) is 5.82 Å². The van der Waals surface area contributed by atoms with Gasteiger partial charge in [-0.3, -0.25) is 4.79 Å². The summed E-state index contributed by atoms with van der Waals surface area (Å²) >= 11 is 0. The lowest BCUT2D eigenvalue weighted by atomic mass is 10.0. The zero-order valence-electron chi connectivity index (χ0n) is 12.9. The highest BCUT2D eigenvalue weighted by Crippen LogP contribution is 2.23. The molecule has 2 aromatic rings. The Morgan fingerprint density at radius 3 is 2.61 bits per heavy atom. The largest absolute Gasteiger partial charge is 0.391 e. The van der Waals surface area contributed by atoms with E-state index in [1.165, 1.54) is 12.1 Å². The number of aliphatic hydroxyl groups excluding tert-OH is 1. The fourth-order valence-corrected chi connectivity index (χ4v) is 3.17. The number of carbonyl (C=O) groups is 1.